The van der Waals surface area contributed by atoms with Crippen LogP contribution in [0.5, 0.6) is 11.8 Å². The lowest BCUT2D eigenvalue weighted by Crippen LogP contribution is -1.91. The molecule has 1 aromatic heterocycles. The SMILES string of the molecule is Fc1cc(Br)cc(Oc2ncc(Cl)cn2)c1. The molecule has 2 aromatic rings. The lowest BCUT2D eigenvalue weighted by atomic mass is 10.3. The second-order valence-electron chi connectivity index (χ2n) is 2.89. The number of rotatable bonds is 2. The highest BCUT2D eigenvalue weighted by atomic mass is 79.9. The van der Waals surface area contributed by atoms with Gasteiger partial charge in [-0.15, -0.1) is 0 Å². The first-order valence-corrected chi connectivity index (χ1v) is 5.42. The van der Waals surface area contributed by atoms with Crippen molar-refractivity contribution in [2.45, 2.75) is 0 Å². The van der Waals surface area contributed by atoms with E-state index >= 15 is 0 Å². The molecule has 82 valence electrons. The zero-order chi connectivity index (χ0) is 11.5. The summed E-state index contributed by atoms with van der Waals surface area (Å²) in [6, 6.07) is 4.29. The molecule has 0 aliphatic heterocycles. The summed E-state index contributed by atoms with van der Waals surface area (Å²) in [5.41, 5.74) is 0. The van der Waals surface area contributed by atoms with E-state index in [0.717, 1.165) is 0 Å². The van der Waals surface area contributed by atoms with Crippen LogP contribution in [0.3, 0.4) is 0 Å². The van der Waals surface area contributed by atoms with Crippen LogP contribution >= 0.6 is 27.5 Å². The minimum Gasteiger partial charge on any atom is -0.424 e. The lowest BCUT2D eigenvalue weighted by Gasteiger charge is -2.03. The topological polar surface area (TPSA) is 35.0 Å². The number of halogens is 3. The van der Waals surface area contributed by atoms with Gasteiger partial charge in [-0.3, -0.25) is 0 Å². The highest BCUT2D eigenvalue weighted by Gasteiger charge is 2.03. The van der Waals surface area contributed by atoms with E-state index in [0.29, 0.717) is 15.2 Å². The Kier molecular flexibility index (Phi) is 3.36. The third-order valence-electron chi connectivity index (χ3n) is 1.64. The van der Waals surface area contributed by atoms with Crippen LogP contribution in [-0.2, 0) is 0 Å². The van der Waals surface area contributed by atoms with Crippen LogP contribution in [-0.4, -0.2) is 9.97 Å². The van der Waals surface area contributed by atoms with E-state index < -0.39 is 5.82 Å². The van der Waals surface area contributed by atoms with Crippen LogP contribution in [0.4, 0.5) is 4.39 Å². The van der Waals surface area contributed by atoms with Gasteiger partial charge in [0, 0.05) is 10.5 Å². The minimum atomic E-state index is -0.404. The molecule has 0 radical (unpaired) electrons. The minimum absolute atomic E-state index is 0.113. The third kappa shape index (κ3) is 2.90. The lowest BCUT2D eigenvalue weighted by molar-refractivity contribution is 0.437. The first kappa shape index (κ1) is 11.3. The molecule has 0 amide bonds. The van der Waals surface area contributed by atoms with E-state index in [-0.39, 0.29) is 6.01 Å². The van der Waals surface area contributed by atoms with Gasteiger partial charge in [0.25, 0.3) is 0 Å². The number of ether oxygens (including phenoxy) is 1. The van der Waals surface area contributed by atoms with Crippen LogP contribution in [0, 0.1) is 5.82 Å². The van der Waals surface area contributed by atoms with Crippen LogP contribution in [0.2, 0.25) is 5.02 Å². The normalized spacial score (nSPS) is 10.2. The molecule has 0 unspecified atom stereocenters. The van der Waals surface area contributed by atoms with Gasteiger partial charge in [-0.2, -0.15) is 0 Å². The van der Waals surface area contributed by atoms with E-state index in [1.54, 1.807) is 6.07 Å². The quantitative estimate of drug-likeness (QED) is 0.846. The van der Waals surface area contributed by atoms with Gasteiger partial charge in [0.05, 0.1) is 17.4 Å². The predicted octanol–water partition coefficient (Wildman–Crippen LogP) is 3.82. The molecule has 16 heavy (non-hydrogen) atoms. The summed E-state index contributed by atoms with van der Waals surface area (Å²) in [7, 11) is 0. The smallest absolute Gasteiger partial charge is 0.321 e. The number of benzene rings is 1. The van der Waals surface area contributed by atoms with Crippen molar-refractivity contribution in [3.63, 3.8) is 0 Å². The Morgan fingerprint density at radius 2 is 1.88 bits per heavy atom. The summed E-state index contributed by atoms with van der Waals surface area (Å²) in [5, 5.41) is 0.410. The Balaban J connectivity index is 2.23. The molecule has 0 saturated carbocycles. The van der Waals surface area contributed by atoms with Gasteiger partial charge < -0.3 is 4.74 Å². The highest BCUT2D eigenvalue weighted by Crippen LogP contribution is 2.24. The maximum atomic E-state index is 13.0. The monoisotopic (exact) mass is 302 g/mol. The average Bonchev–Trinajstić information content (AvgIpc) is 2.20. The highest BCUT2D eigenvalue weighted by molar-refractivity contribution is 9.10. The van der Waals surface area contributed by atoms with Crippen molar-refractivity contribution in [1.29, 1.82) is 0 Å². The molecule has 0 saturated heterocycles. The van der Waals surface area contributed by atoms with Gasteiger partial charge in [0.1, 0.15) is 11.6 Å². The summed E-state index contributed by atoms with van der Waals surface area (Å²) < 4.78 is 18.8. The van der Waals surface area contributed by atoms with Crippen molar-refractivity contribution in [3.05, 3.63) is 45.9 Å². The van der Waals surface area contributed by atoms with E-state index in [9.17, 15) is 4.39 Å². The first-order valence-electron chi connectivity index (χ1n) is 4.25. The van der Waals surface area contributed by atoms with Gasteiger partial charge in [0.2, 0.25) is 0 Å². The Hall–Kier alpha value is -1.20. The van der Waals surface area contributed by atoms with E-state index in [2.05, 4.69) is 25.9 Å². The number of nitrogens with zero attached hydrogens (tertiary/aromatic N) is 2. The van der Waals surface area contributed by atoms with Crippen molar-refractivity contribution in [2.24, 2.45) is 0 Å². The molecule has 0 bridgehead atoms. The molecule has 0 spiro atoms. The largest absolute Gasteiger partial charge is 0.424 e. The Morgan fingerprint density at radius 1 is 1.19 bits per heavy atom. The van der Waals surface area contributed by atoms with Crippen molar-refractivity contribution >= 4 is 27.5 Å². The fourth-order valence-electron chi connectivity index (χ4n) is 1.05. The summed E-state index contributed by atoms with van der Waals surface area (Å²) in [6.07, 6.45) is 2.80. The van der Waals surface area contributed by atoms with Gasteiger partial charge in [-0.1, -0.05) is 27.5 Å². The molecular formula is C10H5BrClFN2O. The van der Waals surface area contributed by atoms with Gasteiger partial charge in [0.15, 0.2) is 0 Å². The predicted molar refractivity (Wildman–Crippen MR) is 61.2 cm³/mol. The molecule has 1 heterocycles. The molecule has 0 aliphatic rings. The van der Waals surface area contributed by atoms with Crippen molar-refractivity contribution < 1.29 is 9.13 Å². The van der Waals surface area contributed by atoms with Crippen LogP contribution < -0.4 is 4.74 Å². The number of aromatic nitrogens is 2. The summed E-state index contributed by atoms with van der Waals surface area (Å²) in [6.45, 7) is 0. The molecule has 0 aliphatic carbocycles. The van der Waals surface area contributed by atoms with Gasteiger partial charge >= 0.3 is 6.01 Å². The Morgan fingerprint density at radius 3 is 2.50 bits per heavy atom. The van der Waals surface area contributed by atoms with E-state index in [4.69, 9.17) is 16.3 Å². The molecule has 3 nitrogen and oxygen atoms in total. The van der Waals surface area contributed by atoms with Gasteiger partial charge in [-0.25, -0.2) is 14.4 Å². The molecular weight excluding hydrogens is 298 g/mol. The average molecular weight is 304 g/mol. The fraction of sp³-hybridized carbons (Fsp3) is 0. The van der Waals surface area contributed by atoms with Crippen molar-refractivity contribution in [3.8, 4) is 11.8 Å². The zero-order valence-corrected chi connectivity index (χ0v) is 10.2. The van der Waals surface area contributed by atoms with Crippen molar-refractivity contribution in [2.75, 3.05) is 0 Å². The molecule has 0 N–H and O–H groups in total. The Bertz CT molecular complexity index is 486. The standard InChI is InChI=1S/C10H5BrClFN2O/c11-6-1-8(13)3-9(2-6)16-10-14-4-7(12)5-15-10/h1-5H. The maximum absolute atomic E-state index is 13.0. The summed E-state index contributed by atoms with van der Waals surface area (Å²) in [5.74, 6) is -0.0902. The number of hydrogen-bond acceptors (Lipinski definition) is 3. The molecule has 0 fully saturated rings. The number of hydrogen-bond donors (Lipinski definition) is 0. The Labute approximate surface area is 104 Å². The zero-order valence-electron chi connectivity index (χ0n) is 7.82. The second kappa shape index (κ2) is 4.76. The maximum Gasteiger partial charge on any atom is 0.321 e. The van der Waals surface area contributed by atoms with Crippen LogP contribution in [0.15, 0.2) is 35.1 Å². The van der Waals surface area contributed by atoms with E-state index in [1.807, 2.05) is 0 Å². The van der Waals surface area contributed by atoms with E-state index in [1.165, 1.54) is 24.5 Å². The second-order valence-corrected chi connectivity index (χ2v) is 4.24. The van der Waals surface area contributed by atoms with Crippen LogP contribution in [0.1, 0.15) is 0 Å². The third-order valence-corrected chi connectivity index (χ3v) is 2.29. The molecule has 2 rings (SSSR count). The van der Waals surface area contributed by atoms with Crippen LogP contribution in [0.25, 0.3) is 0 Å². The molecule has 6 heteroatoms. The molecule has 1 aromatic carbocycles. The summed E-state index contributed by atoms with van der Waals surface area (Å²) in [4.78, 5) is 7.66. The first-order chi connectivity index (χ1) is 7.63. The molecule has 0 atom stereocenters. The summed E-state index contributed by atoms with van der Waals surface area (Å²) >= 11 is 8.77. The van der Waals surface area contributed by atoms with Crippen molar-refractivity contribution in [1.82, 2.24) is 9.97 Å². The fourth-order valence-corrected chi connectivity index (χ4v) is 1.59. The van der Waals surface area contributed by atoms with Gasteiger partial charge in [-0.05, 0) is 12.1 Å².